The minimum absolute atomic E-state index is 0.170. The number of hydrogen-bond donors (Lipinski definition) is 1. The maximum absolute atomic E-state index is 12.6. The molecule has 23 heavy (non-hydrogen) atoms. The molecule has 1 unspecified atom stereocenters. The lowest BCUT2D eigenvalue weighted by Crippen LogP contribution is -2.47. The van der Waals surface area contributed by atoms with Gasteiger partial charge in [-0.3, -0.25) is 4.79 Å². The Morgan fingerprint density at radius 2 is 2.04 bits per heavy atom. The van der Waals surface area contributed by atoms with Crippen LogP contribution in [0.15, 0.2) is 30.3 Å². The molecule has 11 heteroatoms. The van der Waals surface area contributed by atoms with Crippen molar-refractivity contribution in [1.29, 1.82) is 0 Å². The van der Waals surface area contributed by atoms with E-state index in [0.29, 0.717) is 0 Å². The molecule has 124 valence electrons. The number of alkyl halides is 1. The number of methoxy groups -OCH3 is 1. The SMILES string of the molecule is COCC(Cl)(c1nnnn1C)S(=O)(=O)NC(=O)c1ccccc1. The molecule has 0 aliphatic heterocycles. The minimum Gasteiger partial charge on any atom is -0.381 e. The standard InChI is InChI=1S/C12H14ClN5O4S/c1-18-11(14-16-17-18)12(13,8-22-2)23(20,21)15-10(19)9-6-4-3-5-7-9/h3-7H,8H2,1-2H3,(H,15,19). The number of sulfonamides is 1. The van der Waals surface area contributed by atoms with Crippen molar-refractivity contribution in [2.45, 2.75) is 4.21 Å². The van der Waals surface area contributed by atoms with Crippen molar-refractivity contribution in [2.75, 3.05) is 13.7 Å². The van der Waals surface area contributed by atoms with Crippen LogP contribution in [-0.4, -0.2) is 48.2 Å². The van der Waals surface area contributed by atoms with Gasteiger partial charge in [0.25, 0.3) is 15.9 Å². The number of amides is 1. The second kappa shape index (κ2) is 6.60. The first-order valence-corrected chi connectivity index (χ1v) is 8.20. The number of tetrazole rings is 1. The number of carbonyl (C=O) groups is 1. The molecule has 1 heterocycles. The average Bonchev–Trinajstić information content (AvgIpc) is 2.94. The largest absolute Gasteiger partial charge is 0.381 e. The van der Waals surface area contributed by atoms with Gasteiger partial charge in [0.05, 0.1) is 6.61 Å². The summed E-state index contributed by atoms with van der Waals surface area (Å²) in [6.07, 6.45) is 0. The zero-order valence-corrected chi connectivity index (χ0v) is 13.9. The molecule has 0 radical (unpaired) electrons. The summed E-state index contributed by atoms with van der Waals surface area (Å²) in [5, 5.41) is 10.5. The summed E-state index contributed by atoms with van der Waals surface area (Å²) >= 11 is 6.24. The highest BCUT2D eigenvalue weighted by Crippen LogP contribution is 2.33. The quantitative estimate of drug-likeness (QED) is 0.722. The zero-order chi connectivity index (χ0) is 17.1. The number of hydrogen-bond acceptors (Lipinski definition) is 7. The van der Waals surface area contributed by atoms with Gasteiger partial charge in [-0.05, 0) is 22.6 Å². The summed E-state index contributed by atoms with van der Waals surface area (Å²) in [6, 6.07) is 7.86. The minimum atomic E-state index is -4.40. The Morgan fingerprint density at radius 3 is 2.57 bits per heavy atom. The molecule has 1 atom stereocenters. The summed E-state index contributed by atoms with van der Waals surface area (Å²) in [5.41, 5.74) is 0.170. The van der Waals surface area contributed by atoms with Crippen molar-refractivity contribution < 1.29 is 17.9 Å². The van der Waals surface area contributed by atoms with Gasteiger partial charge in [0.1, 0.15) is 0 Å². The Bertz CT molecular complexity index is 795. The molecular weight excluding hydrogens is 346 g/mol. The Balaban J connectivity index is 2.38. The maximum atomic E-state index is 12.6. The smallest absolute Gasteiger partial charge is 0.265 e. The van der Waals surface area contributed by atoms with Crippen LogP contribution in [-0.2, 0) is 26.0 Å². The lowest BCUT2D eigenvalue weighted by atomic mass is 10.2. The van der Waals surface area contributed by atoms with E-state index in [-0.39, 0.29) is 11.4 Å². The van der Waals surface area contributed by atoms with Gasteiger partial charge >= 0.3 is 0 Å². The zero-order valence-electron chi connectivity index (χ0n) is 12.3. The second-order valence-corrected chi connectivity index (χ2v) is 7.37. The van der Waals surface area contributed by atoms with E-state index in [4.69, 9.17) is 16.3 Å². The molecule has 0 aliphatic rings. The van der Waals surface area contributed by atoms with Crippen LogP contribution < -0.4 is 4.72 Å². The van der Waals surface area contributed by atoms with E-state index in [9.17, 15) is 13.2 Å². The summed E-state index contributed by atoms with van der Waals surface area (Å²) in [5.74, 6) is -0.990. The number of carbonyl (C=O) groups excluding carboxylic acids is 1. The van der Waals surface area contributed by atoms with Crippen LogP contribution in [0.4, 0.5) is 0 Å². The van der Waals surface area contributed by atoms with Crippen molar-refractivity contribution in [3.63, 3.8) is 0 Å². The first kappa shape index (κ1) is 17.3. The van der Waals surface area contributed by atoms with E-state index >= 15 is 0 Å². The van der Waals surface area contributed by atoms with Crippen LogP contribution in [0.2, 0.25) is 0 Å². The van der Waals surface area contributed by atoms with E-state index in [2.05, 4.69) is 15.5 Å². The molecule has 1 aromatic heterocycles. The highest BCUT2D eigenvalue weighted by Gasteiger charge is 2.49. The predicted octanol–water partition coefficient (Wildman–Crippen LogP) is 0.00790. The molecule has 1 aromatic carbocycles. The third-order valence-corrected chi connectivity index (χ3v) is 5.47. The van der Waals surface area contributed by atoms with Crippen LogP contribution in [0.5, 0.6) is 0 Å². The van der Waals surface area contributed by atoms with Crippen LogP contribution >= 0.6 is 11.6 Å². The van der Waals surface area contributed by atoms with E-state index in [0.717, 1.165) is 4.68 Å². The molecule has 2 aromatic rings. The number of nitrogens with zero attached hydrogens (tertiary/aromatic N) is 4. The highest BCUT2D eigenvalue weighted by molar-refractivity contribution is 7.92. The summed E-state index contributed by atoms with van der Waals surface area (Å²) in [6.45, 7) is -0.458. The number of nitrogens with one attached hydrogen (secondary N) is 1. The van der Waals surface area contributed by atoms with Crippen molar-refractivity contribution >= 4 is 27.5 Å². The Kier molecular flexibility index (Phi) is 4.97. The molecule has 0 bridgehead atoms. The van der Waals surface area contributed by atoms with Crippen LogP contribution in [0.3, 0.4) is 0 Å². The van der Waals surface area contributed by atoms with Crippen LogP contribution in [0, 0.1) is 0 Å². The molecule has 2 rings (SSSR count). The van der Waals surface area contributed by atoms with Gasteiger partial charge in [-0.25, -0.2) is 17.8 Å². The maximum Gasteiger partial charge on any atom is 0.265 e. The summed E-state index contributed by atoms with van der Waals surface area (Å²) in [4.78, 5) is 12.1. The number of benzene rings is 1. The van der Waals surface area contributed by atoms with Crippen molar-refractivity contribution in [1.82, 2.24) is 24.9 Å². The number of halogens is 1. The molecular formula is C12H14ClN5O4S. The molecule has 9 nitrogen and oxygen atoms in total. The molecule has 0 saturated heterocycles. The first-order chi connectivity index (χ1) is 10.8. The summed E-state index contributed by atoms with van der Waals surface area (Å²) in [7, 11) is -1.70. The van der Waals surface area contributed by atoms with E-state index in [1.54, 1.807) is 18.2 Å². The number of rotatable bonds is 6. The van der Waals surface area contributed by atoms with E-state index < -0.39 is 26.7 Å². The van der Waals surface area contributed by atoms with Gasteiger partial charge in [-0.2, -0.15) is 0 Å². The first-order valence-electron chi connectivity index (χ1n) is 6.34. The predicted molar refractivity (Wildman–Crippen MR) is 81.0 cm³/mol. The van der Waals surface area contributed by atoms with Crippen molar-refractivity contribution in [3.05, 3.63) is 41.7 Å². The normalized spacial score (nSPS) is 14.2. The Labute approximate surface area is 137 Å². The van der Waals surface area contributed by atoms with Gasteiger partial charge in [0.2, 0.25) is 4.21 Å². The third-order valence-electron chi connectivity index (χ3n) is 2.97. The van der Waals surface area contributed by atoms with E-state index in [1.807, 2.05) is 4.72 Å². The highest BCUT2D eigenvalue weighted by atomic mass is 35.5. The second-order valence-electron chi connectivity index (χ2n) is 4.59. The fourth-order valence-corrected chi connectivity index (χ4v) is 3.44. The number of ether oxygens (including phenoxy) is 1. The van der Waals surface area contributed by atoms with Gasteiger partial charge in [-0.1, -0.05) is 29.8 Å². The lowest BCUT2D eigenvalue weighted by Gasteiger charge is -2.24. The van der Waals surface area contributed by atoms with E-state index in [1.165, 1.54) is 26.3 Å². The Morgan fingerprint density at radius 1 is 1.39 bits per heavy atom. The third kappa shape index (κ3) is 3.33. The fraction of sp³-hybridized carbons (Fsp3) is 0.333. The van der Waals surface area contributed by atoms with Gasteiger partial charge in [0.15, 0.2) is 5.82 Å². The molecule has 1 N–H and O–H groups in total. The number of aryl methyl sites for hydroxylation is 1. The van der Waals surface area contributed by atoms with Crippen molar-refractivity contribution in [3.8, 4) is 0 Å². The monoisotopic (exact) mass is 359 g/mol. The van der Waals surface area contributed by atoms with Gasteiger partial charge < -0.3 is 4.74 Å². The van der Waals surface area contributed by atoms with Gasteiger partial charge in [-0.15, -0.1) is 5.10 Å². The Hall–Kier alpha value is -2.04. The molecule has 0 spiro atoms. The summed E-state index contributed by atoms with van der Waals surface area (Å²) < 4.78 is 31.0. The molecule has 0 fully saturated rings. The molecule has 0 saturated carbocycles. The molecule has 0 aliphatic carbocycles. The van der Waals surface area contributed by atoms with Crippen molar-refractivity contribution in [2.24, 2.45) is 7.05 Å². The topological polar surface area (TPSA) is 116 Å². The number of aromatic nitrogens is 4. The molecule has 1 amide bonds. The lowest BCUT2D eigenvalue weighted by molar-refractivity contribution is 0.0979. The van der Waals surface area contributed by atoms with Gasteiger partial charge in [0, 0.05) is 19.7 Å². The average molecular weight is 360 g/mol. The van der Waals surface area contributed by atoms with Crippen LogP contribution in [0.1, 0.15) is 16.2 Å². The fourth-order valence-electron chi connectivity index (χ4n) is 1.85. The van der Waals surface area contributed by atoms with Crippen LogP contribution in [0.25, 0.3) is 0 Å².